The van der Waals surface area contributed by atoms with E-state index in [9.17, 15) is 26.9 Å². The molecule has 6 nitrogen and oxygen atoms in total. The van der Waals surface area contributed by atoms with Gasteiger partial charge >= 0.3 is 12.3 Å². The molecule has 0 saturated carbocycles. The van der Waals surface area contributed by atoms with Gasteiger partial charge in [0.25, 0.3) is 0 Å². The highest BCUT2D eigenvalue weighted by Crippen LogP contribution is 2.60. The second-order valence-corrected chi connectivity index (χ2v) is 14.3. The van der Waals surface area contributed by atoms with Gasteiger partial charge in [-0.2, -0.15) is 17.6 Å². The molecule has 0 saturated heterocycles. The third-order valence-electron chi connectivity index (χ3n) is 7.87. The SMILES string of the molecule is [B]C([B])([B])N(C)C1CC(c2c(C=O)cccc2OC(F)F)n2c1nc1ccc(-c3ccc(C(F)(F)P(C)(C)=O)cc3)cc12. The van der Waals surface area contributed by atoms with Crippen molar-refractivity contribution >= 4 is 48.0 Å². The number of aromatic nitrogens is 2. The average Bonchev–Trinajstić information content (AvgIpc) is 3.48. The number of carbonyl (C=O) groups excluding carboxylic acids is 1. The van der Waals surface area contributed by atoms with Crippen molar-refractivity contribution in [3.05, 3.63) is 83.2 Å². The summed E-state index contributed by atoms with van der Waals surface area (Å²) in [6.07, 6.45) is 0.783. The second-order valence-electron chi connectivity index (χ2n) is 11.0. The van der Waals surface area contributed by atoms with Gasteiger partial charge in [-0.05, 0) is 56.1 Å². The van der Waals surface area contributed by atoms with Gasteiger partial charge in [-0.15, -0.1) is 0 Å². The van der Waals surface area contributed by atoms with Crippen molar-refractivity contribution in [3.8, 4) is 16.9 Å². The Morgan fingerprint density at radius 1 is 1.07 bits per heavy atom. The Morgan fingerprint density at radius 3 is 2.30 bits per heavy atom. The lowest BCUT2D eigenvalue weighted by Gasteiger charge is -2.38. The highest BCUT2D eigenvalue weighted by Gasteiger charge is 2.44. The van der Waals surface area contributed by atoms with E-state index in [4.69, 9.17) is 33.3 Å². The molecule has 0 bridgehead atoms. The number of benzene rings is 3. The van der Waals surface area contributed by atoms with Crippen LogP contribution in [-0.2, 0) is 10.2 Å². The molecule has 4 aromatic rings. The lowest BCUT2D eigenvalue weighted by Crippen LogP contribution is -2.49. The number of hydrogen-bond acceptors (Lipinski definition) is 5. The fourth-order valence-corrected chi connectivity index (χ4v) is 6.29. The van der Waals surface area contributed by atoms with Crippen LogP contribution in [0.3, 0.4) is 0 Å². The minimum Gasteiger partial charge on any atom is -0.434 e. The Balaban J connectivity index is 1.68. The highest BCUT2D eigenvalue weighted by atomic mass is 31.2. The molecule has 43 heavy (non-hydrogen) atoms. The van der Waals surface area contributed by atoms with E-state index in [0.717, 1.165) is 13.3 Å². The number of ether oxygens (including phenoxy) is 1. The predicted octanol–water partition coefficient (Wildman–Crippen LogP) is 5.87. The Bertz CT molecular complexity index is 1740. The number of nitrogens with zero attached hydrogens (tertiary/aromatic N) is 3. The molecule has 216 valence electrons. The first-order valence-corrected chi connectivity index (χ1v) is 15.8. The van der Waals surface area contributed by atoms with Gasteiger partial charge < -0.3 is 18.8 Å². The van der Waals surface area contributed by atoms with Crippen molar-refractivity contribution in [1.82, 2.24) is 14.5 Å². The molecular weight excluding hydrogens is 578 g/mol. The Morgan fingerprint density at radius 2 is 1.72 bits per heavy atom. The average molecular weight is 603 g/mol. The maximum atomic E-state index is 14.7. The first-order valence-electron chi connectivity index (χ1n) is 13.2. The second kappa shape index (κ2) is 11.0. The van der Waals surface area contributed by atoms with Gasteiger partial charge in [-0.1, -0.05) is 47.7 Å². The molecule has 0 aliphatic carbocycles. The third-order valence-corrected chi connectivity index (χ3v) is 9.48. The smallest absolute Gasteiger partial charge is 0.387 e. The van der Waals surface area contributed by atoms with Gasteiger partial charge in [0.15, 0.2) is 13.4 Å². The molecular formula is C29H25B3F4N3O3P. The minimum absolute atomic E-state index is 0.149. The van der Waals surface area contributed by atoms with Crippen LogP contribution in [0.1, 0.15) is 45.8 Å². The topological polar surface area (TPSA) is 64.4 Å². The van der Waals surface area contributed by atoms with E-state index in [2.05, 4.69) is 0 Å². The van der Waals surface area contributed by atoms with Crippen molar-refractivity contribution in [1.29, 1.82) is 0 Å². The summed E-state index contributed by atoms with van der Waals surface area (Å²) >= 11 is 0. The molecule has 5 rings (SSSR count). The number of hydrogen-bond donors (Lipinski definition) is 0. The Hall–Kier alpha value is -3.30. The molecule has 1 aliphatic rings. The van der Waals surface area contributed by atoms with E-state index in [0.29, 0.717) is 34.3 Å². The number of carbonyl (C=O) groups is 1. The van der Waals surface area contributed by atoms with Gasteiger partial charge in [-0.25, -0.2) is 4.98 Å². The maximum Gasteiger partial charge on any atom is 0.387 e. The fraction of sp³-hybridized carbons (Fsp3) is 0.310. The van der Waals surface area contributed by atoms with Crippen LogP contribution in [0.15, 0.2) is 60.7 Å². The monoisotopic (exact) mass is 603 g/mol. The largest absolute Gasteiger partial charge is 0.434 e. The fourth-order valence-electron chi connectivity index (χ4n) is 5.52. The summed E-state index contributed by atoms with van der Waals surface area (Å²) in [6.45, 7) is -1.05. The molecule has 0 N–H and O–H groups in total. The summed E-state index contributed by atoms with van der Waals surface area (Å²) in [4.78, 5) is 18.4. The summed E-state index contributed by atoms with van der Waals surface area (Å²) in [5.41, 5.74) is -1.09. The number of rotatable bonds is 9. The third kappa shape index (κ3) is 5.58. The number of alkyl halides is 4. The molecule has 2 heterocycles. The van der Waals surface area contributed by atoms with Crippen LogP contribution in [0.2, 0.25) is 0 Å². The molecule has 0 amide bonds. The van der Waals surface area contributed by atoms with Crippen LogP contribution in [0.4, 0.5) is 17.6 Å². The van der Waals surface area contributed by atoms with E-state index in [1.807, 2.05) is 0 Å². The number of aldehydes is 1. The van der Waals surface area contributed by atoms with E-state index in [1.54, 1.807) is 29.8 Å². The van der Waals surface area contributed by atoms with Crippen molar-refractivity contribution in [3.63, 3.8) is 0 Å². The molecule has 2 unspecified atom stereocenters. The molecule has 14 heteroatoms. The van der Waals surface area contributed by atoms with Crippen LogP contribution < -0.4 is 4.74 Å². The van der Waals surface area contributed by atoms with E-state index in [1.165, 1.54) is 47.4 Å². The van der Waals surface area contributed by atoms with E-state index in [-0.39, 0.29) is 28.9 Å². The normalized spacial score (nSPS) is 17.5. The minimum atomic E-state index is -3.75. The van der Waals surface area contributed by atoms with Crippen LogP contribution >= 0.6 is 7.14 Å². The van der Waals surface area contributed by atoms with Gasteiger partial charge in [-0.3, -0.25) is 4.79 Å². The molecule has 0 spiro atoms. The number of halogens is 4. The van der Waals surface area contributed by atoms with Crippen molar-refractivity contribution in [2.24, 2.45) is 0 Å². The zero-order valence-electron chi connectivity index (χ0n) is 23.5. The van der Waals surface area contributed by atoms with E-state index >= 15 is 0 Å². The van der Waals surface area contributed by atoms with Crippen molar-refractivity contribution in [2.75, 3.05) is 20.4 Å². The highest BCUT2D eigenvalue weighted by molar-refractivity contribution is 7.63. The van der Waals surface area contributed by atoms with Crippen molar-refractivity contribution in [2.45, 2.75) is 36.0 Å². The van der Waals surface area contributed by atoms with Crippen LogP contribution in [-0.4, -0.2) is 76.5 Å². The zero-order valence-corrected chi connectivity index (χ0v) is 24.4. The lowest BCUT2D eigenvalue weighted by atomic mass is 9.48. The molecule has 6 radical (unpaired) electrons. The summed E-state index contributed by atoms with van der Waals surface area (Å²) < 4.78 is 75.0. The number of imidazole rings is 1. The number of fused-ring (bicyclic) bond motifs is 3. The van der Waals surface area contributed by atoms with Gasteiger partial charge in [0.2, 0.25) is 0 Å². The first-order chi connectivity index (χ1) is 20.0. The van der Waals surface area contributed by atoms with Crippen LogP contribution in [0.25, 0.3) is 22.2 Å². The van der Waals surface area contributed by atoms with Gasteiger partial charge in [0, 0.05) is 16.7 Å². The Kier molecular flexibility index (Phi) is 7.97. The quantitative estimate of drug-likeness (QED) is 0.104. The summed E-state index contributed by atoms with van der Waals surface area (Å²) in [6, 6.07) is 13.8. The molecule has 0 fully saturated rings. The maximum absolute atomic E-state index is 14.7. The summed E-state index contributed by atoms with van der Waals surface area (Å²) in [7, 11) is 15.9. The molecule has 1 aromatic heterocycles. The predicted molar refractivity (Wildman–Crippen MR) is 160 cm³/mol. The zero-order chi connectivity index (χ0) is 31.5. The summed E-state index contributed by atoms with van der Waals surface area (Å²) in [5, 5.41) is -1.76. The standard InChI is InChI=1S/C29H25B3F4N3O3P/c1-38(29(30,31)32)23-14-22(25-18(15-40)5-4-6-24(25)42-27(33)34)39-21-13-17(9-12-20(21)37-26(23)39)16-7-10-19(11-8-16)28(35,36)43(2,3)41/h4-13,15,22-23,27H,14H2,1-3H3. The summed E-state index contributed by atoms with van der Waals surface area (Å²) in [5.74, 6) is 0.308. The van der Waals surface area contributed by atoms with Gasteiger partial charge in [0.1, 0.15) is 11.6 Å². The molecule has 3 aromatic carbocycles. The molecule has 1 aliphatic heterocycles. The van der Waals surface area contributed by atoms with Crippen molar-refractivity contribution < 1.29 is 31.7 Å². The molecule has 2 atom stereocenters. The lowest BCUT2D eigenvalue weighted by molar-refractivity contribution is -0.0507. The Labute approximate surface area is 250 Å². The first kappa shape index (κ1) is 31.1. The van der Waals surface area contributed by atoms with Crippen LogP contribution in [0, 0.1) is 0 Å². The van der Waals surface area contributed by atoms with Gasteiger partial charge in [0.05, 0.1) is 46.7 Å². The van der Waals surface area contributed by atoms with E-state index < -0.39 is 36.7 Å². The van der Waals surface area contributed by atoms with Crippen LogP contribution in [0.5, 0.6) is 5.75 Å².